The van der Waals surface area contributed by atoms with Crippen LogP contribution in [0.25, 0.3) is 0 Å². The Hall–Kier alpha value is -1.62. The summed E-state index contributed by atoms with van der Waals surface area (Å²) in [6, 6.07) is 5.76. The highest BCUT2D eigenvalue weighted by Crippen LogP contribution is 2.19. The molecule has 0 atom stereocenters. The second-order valence-electron chi connectivity index (χ2n) is 4.13. The molecule has 0 aliphatic rings. The summed E-state index contributed by atoms with van der Waals surface area (Å²) in [6.07, 6.45) is 1.01. The van der Waals surface area contributed by atoms with Crippen LogP contribution in [0.5, 0.6) is 0 Å². The molecule has 0 aliphatic heterocycles. The van der Waals surface area contributed by atoms with Gasteiger partial charge in [0, 0.05) is 17.3 Å². The third kappa shape index (κ3) is 2.98. The molecular weight excluding hydrogens is 250 g/mol. The summed E-state index contributed by atoms with van der Waals surface area (Å²) < 4.78 is 1.82. The van der Waals surface area contributed by atoms with Gasteiger partial charge in [-0.25, -0.2) is 4.68 Å². The van der Waals surface area contributed by atoms with Crippen LogP contribution in [0.3, 0.4) is 0 Å². The third-order valence-electron chi connectivity index (χ3n) is 2.67. The lowest BCUT2D eigenvalue weighted by atomic mass is 10.2. The van der Waals surface area contributed by atoms with Crippen molar-refractivity contribution in [1.82, 2.24) is 20.2 Å². The van der Waals surface area contributed by atoms with Gasteiger partial charge in [-0.3, -0.25) is 0 Å². The molecule has 2 rings (SSSR count). The molecule has 1 aromatic carbocycles. The topological polar surface area (TPSA) is 55.6 Å². The average molecular weight is 266 g/mol. The zero-order chi connectivity index (χ0) is 13.0. The molecule has 0 fully saturated rings. The van der Waals surface area contributed by atoms with E-state index < -0.39 is 0 Å². The first-order chi connectivity index (χ1) is 8.70. The molecule has 0 amide bonds. The van der Waals surface area contributed by atoms with Crippen LogP contribution in [0.4, 0.5) is 5.69 Å². The Morgan fingerprint density at radius 3 is 2.94 bits per heavy atom. The van der Waals surface area contributed by atoms with Gasteiger partial charge in [0.25, 0.3) is 0 Å². The molecule has 1 aromatic heterocycles. The summed E-state index contributed by atoms with van der Waals surface area (Å²) in [5, 5.41) is 15.7. The fourth-order valence-corrected chi connectivity index (χ4v) is 1.96. The van der Waals surface area contributed by atoms with E-state index in [1.807, 2.05) is 29.8 Å². The molecule has 0 saturated carbocycles. The highest BCUT2D eigenvalue weighted by atomic mass is 35.5. The predicted octanol–water partition coefficient (Wildman–Crippen LogP) is 2.66. The van der Waals surface area contributed by atoms with E-state index in [1.54, 1.807) is 0 Å². The van der Waals surface area contributed by atoms with Crippen molar-refractivity contribution >= 4 is 17.3 Å². The van der Waals surface area contributed by atoms with Gasteiger partial charge in [-0.2, -0.15) is 0 Å². The molecule has 6 heteroatoms. The second-order valence-corrected chi connectivity index (χ2v) is 4.57. The van der Waals surface area contributed by atoms with E-state index in [0.29, 0.717) is 6.54 Å². The van der Waals surface area contributed by atoms with Gasteiger partial charge in [0.05, 0.1) is 6.54 Å². The number of nitrogens with one attached hydrogen (secondary N) is 1. The van der Waals surface area contributed by atoms with Gasteiger partial charge in [0.15, 0.2) is 5.82 Å². The number of hydrogen-bond acceptors (Lipinski definition) is 4. The van der Waals surface area contributed by atoms with Gasteiger partial charge in [-0.05, 0) is 47.5 Å². The maximum Gasteiger partial charge on any atom is 0.170 e. The third-order valence-corrected chi connectivity index (χ3v) is 2.90. The van der Waals surface area contributed by atoms with E-state index in [9.17, 15) is 0 Å². The number of aromatic nitrogens is 4. The quantitative estimate of drug-likeness (QED) is 0.903. The molecule has 5 nitrogen and oxygen atoms in total. The number of hydrogen-bond donors (Lipinski definition) is 1. The largest absolute Gasteiger partial charge is 0.377 e. The van der Waals surface area contributed by atoms with Crippen molar-refractivity contribution in [2.24, 2.45) is 0 Å². The molecule has 0 bridgehead atoms. The van der Waals surface area contributed by atoms with Gasteiger partial charge in [-0.15, -0.1) is 5.10 Å². The molecule has 1 N–H and O–H groups in total. The number of aryl methyl sites for hydroxylation is 2. The van der Waals surface area contributed by atoms with Crippen LogP contribution < -0.4 is 5.32 Å². The molecule has 2 aromatic rings. The fraction of sp³-hybridized carbons (Fsp3) is 0.417. The highest BCUT2D eigenvalue weighted by Gasteiger charge is 2.05. The molecule has 18 heavy (non-hydrogen) atoms. The SMILES string of the molecule is CCCn1nnnc1CNc1ccc(Cl)cc1C. The van der Waals surface area contributed by atoms with E-state index in [0.717, 1.165) is 35.1 Å². The number of anilines is 1. The monoisotopic (exact) mass is 265 g/mol. The van der Waals surface area contributed by atoms with Gasteiger partial charge in [0.2, 0.25) is 0 Å². The van der Waals surface area contributed by atoms with Crippen molar-refractivity contribution in [3.63, 3.8) is 0 Å². The molecule has 0 saturated heterocycles. The van der Waals surface area contributed by atoms with Gasteiger partial charge in [-0.1, -0.05) is 18.5 Å². The Morgan fingerprint density at radius 1 is 1.39 bits per heavy atom. The number of benzene rings is 1. The van der Waals surface area contributed by atoms with E-state index in [-0.39, 0.29) is 0 Å². The molecular formula is C12H16ClN5. The van der Waals surface area contributed by atoms with Crippen molar-refractivity contribution in [1.29, 1.82) is 0 Å². The van der Waals surface area contributed by atoms with Crippen LogP contribution in [0.15, 0.2) is 18.2 Å². The Labute approximate surface area is 111 Å². The molecule has 0 radical (unpaired) electrons. The first-order valence-corrected chi connectivity index (χ1v) is 6.33. The predicted molar refractivity (Wildman–Crippen MR) is 71.6 cm³/mol. The molecule has 96 valence electrons. The summed E-state index contributed by atoms with van der Waals surface area (Å²) in [7, 11) is 0. The lowest BCUT2D eigenvalue weighted by Crippen LogP contribution is -2.10. The Balaban J connectivity index is 2.04. The van der Waals surface area contributed by atoms with Crippen LogP contribution in [0.2, 0.25) is 5.02 Å². The van der Waals surface area contributed by atoms with Gasteiger partial charge in [0.1, 0.15) is 0 Å². The Kier molecular flexibility index (Phi) is 4.15. The highest BCUT2D eigenvalue weighted by molar-refractivity contribution is 6.30. The zero-order valence-corrected chi connectivity index (χ0v) is 11.3. The second kappa shape index (κ2) is 5.82. The molecule has 0 spiro atoms. The van der Waals surface area contributed by atoms with Crippen LogP contribution in [0.1, 0.15) is 24.7 Å². The Bertz CT molecular complexity index is 523. The molecule has 0 unspecified atom stereocenters. The zero-order valence-electron chi connectivity index (χ0n) is 10.5. The minimum absolute atomic E-state index is 0.607. The van der Waals surface area contributed by atoms with E-state index >= 15 is 0 Å². The van der Waals surface area contributed by atoms with E-state index in [1.165, 1.54) is 0 Å². The first kappa shape index (κ1) is 12.8. The summed E-state index contributed by atoms with van der Waals surface area (Å²) in [4.78, 5) is 0. The van der Waals surface area contributed by atoms with Crippen molar-refractivity contribution < 1.29 is 0 Å². The normalized spacial score (nSPS) is 10.6. The van der Waals surface area contributed by atoms with Crippen LogP contribution >= 0.6 is 11.6 Å². The molecule has 0 aliphatic carbocycles. The van der Waals surface area contributed by atoms with Gasteiger partial charge >= 0.3 is 0 Å². The Morgan fingerprint density at radius 2 is 2.22 bits per heavy atom. The summed E-state index contributed by atoms with van der Waals surface area (Å²) in [6.45, 7) is 5.56. The maximum absolute atomic E-state index is 5.92. The number of tetrazole rings is 1. The van der Waals surface area contributed by atoms with Crippen LogP contribution in [-0.4, -0.2) is 20.2 Å². The minimum atomic E-state index is 0.607. The van der Waals surface area contributed by atoms with Crippen molar-refractivity contribution in [2.75, 3.05) is 5.32 Å². The van der Waals surface area contributed by atoms with Crippen molar-refractivity contribution in [3.05, 3.63) is 34.6 Å². The van der Waals surface area contributed by atoms with Crippen molar-refractivity contribution in [2.45, 2.75) is 33.4 Å². The number of halogens is 1. The maximum atomic E-state index is 5.92. The van der Waals surface area contributed by atoms with Crippen LogP contribution in [-0.2, 0) is 13.1 Å². The van der Waals surface area contributed by atoms with E-state index in [2.05, 4.69) is 27.8 Å². The summed E-state index contributed by atoms with van der Waals surface area (Å²) >= 11 is 5.92. The number of nitrogens with zero attached hydrogens (tertiary/aromatic N) is 4. The minimum Gasteiger partial charge on any atom is -0.377 e. The van der Waals surface area contributed by atoms with Crippen molar-refractivity contribution in [3.8, 4) is 0 Å². The standard InChI is InChI=1S/C12H16ClN5/c1-3-6-18-12(15-16-17-18)8-14-11-5-4-10(13)7-9(11)2/h4-5,7,14H,3,6,8H2,1-2H3. The smallest absolute Gasteiger partial charge is 0.170 e. The molecule has 1 heterocycles. The van der Waals surface area contributed by atoms with Gasteiger partial charge < -0.3 is 5.32 Å². The average Bonchev–Trinajstić information content (AvgIpc) is 2.76. The number of rotatable bonds is 5. The summed E-state index contributed by atoms with van der Waals surface area (Å²) in [5.41, 5.74) is 2.16. The summed E-state index contributed by atoms with van der Waals surface area (Å²) in [5.74, 6) is 0.839. The fourth-order valence-electron chi connectivity index (χ4n) is 1.74. The van der Waals surface area contributed by atoms with Crippen LogP contribution in [0, 0.1) is 6.92 Å². The lowest BCUT2D eigenvalue weighted by Gasteiger charge is -2.09. The van der Waals surface area contributed by atoms with E-state index in [4.69, 9.17) is 11.6 Å². The lowest BCUT2D eigenvalue weighted by molar-refractivity contribution is 0.558. The first-order valence-electron chi connectivity index (χ1n) is 5.95.